The summed E-state index contributed by atoms with van der Waals surface area (Å²) in [7, 11) is 0. The van der Waals surface area contributed by atoms with Crippen LogP contribution in [0.5, 0.6) is 0 Å². The van der Waals surface area contributed by atoms with Crippen LogP contribution in [0.15, 0.2) is 12.4 Å². The Hall–Kier alpha value is -1.21. The van der Waals surface area contributed by atoms with Crippen molar-refractivity contribution >= 4 is 16.9 Å². The van der Waals surface area contributed by atoms with Gasteiger partial charge in [-0.15, -0.1) is 0 Å². The van der Waals surface area contributed by atoms with Crippen LogP contribution in [-0.4, -0.2) is 20.6 Å². The molecule has 0 fully saturated rings. The topological polar surface area (TPSA) is 34.9 Å². The highest BCUT2D eigenvalue weighted by Gasteiger charge is 1.98. The van der Waals surface area contributed by atoms with Gasteiger partial charge >= 0.3 is 0 Å². The predicted molar refractivity (Wildman–Crippen MR) is 71.7 cm³/mol. The van der Waals surface area contributed by atoms with Crippen LogP contribution in [0.25, 0.3) is 0 Å². The van der Waals surface area contributed by atoms with Crippen molar-refractivity contribution in [3.05, 3.63) is 18.0 Å². The first-order valence-corrected chi connectivity index (χ1v) is 6.71. The maximum absolute atomic E-state index is 10.7. The van der Waals surface area contributed by atoms with Crippen molar-refractivity contribution in [3.8, 4) is 11.8 Å². The van der Waals surface area contributed by atoms with Crippen molar-refractivity contribution in [2.45, 2.75) is 33.7 Å². The van der Waals surface area contributed by atoms with Crippen LogP contribution in [0.3, 0.4) is 0 Å². The molecule has 1 aromatic rings. The van der Waals surface area contributed by atoms with Crippen LogP contribution in [0.1, 0.15) is 32.8 Å². The van der Waals surface area contributed by atoms with E-state index < -0.39 is 0 Å². The van der Waals surface area contributed by atoms with Crippen molar-refractivity contribution in [1.29, 1.82) is 0 Å². The molecule has 0 unspecified atom stereocenters. The van der Waals surface area contributed by atoms with E-state index in [2.05, 4.69) is 30.8 Å². The SMILES string of the molecule is CC(=O)SCCC#Cc1cnn(CC(C)C)c1. The number of hydrogen-bond donors (Lipinski definition) is 0. The van der Waals surface area contributed by atoms with Gasteiger partial charge in [0.1, 0.15) is 0 Å². The fourth-order valence-corrected chi connectivity index (χ4v) is 1.80. The van der Waals surface area contributed by atoms with Gasteiger partial charge < -0.3 is 0 Å². The molecule has 0 saturated heterocycles. The van der Waals surface area contributed by atoms with E-state index in [1.165, 1.54) is 11.8 Å². The molecule has 92 valence electrons. The van der Waals surface area contributed by atoms with Crippen molar-refractivity contribution in [1.82, 2.24) is 9.78 Å². The summed E-state index contributed by atoms with van der Waals surface area (Å²) in [5, 5.41) is 4.39. The summed E-state index contributed by atoms with van der Waals surface area (Å²) in [4.78, 5) is 10.7. The Balaban J connectivity index is 2.38. The van der Waals surface area contributed by atoms with Crippen LogP contribution in [0, 0.1) is 17.8 Å². The van der Waals surface area contributed by atoms with E-state index in [0.717, 1.165) is 24.3 Å². The standard InChI is InChI=1S/C13H18N2OS/c1-11(2)9-15-10-13(8-14-15)6-4-5-7-17-12(3)16/h8,10-11H,5,7,9H2,1-3H3. The lowest BCUT2D eigenvalue weighted by atomic mass is 10.2. The van der Waals surface area contributed by atoms with Gasteiger partial charge in [-0.05, 0) is 5.92 Å². The third kappa shape index (κ3) is 6.18. The fourth-order valence-electron chi connectivity index (χ4n) is 1.31. The first-order valence-electron chi connectivity index (χ1n) is 5.72. The summed E-state index contributed by atoms with van der Waals surface area (Å²) < 4.78 is 1.92. The zero-order valence-electron chi connectivity index (χ0n) is 10.6. The second kappa shape index (κ2) is 7.18. The van der Waals surface area contributed by atoms with Crippen molar-refractivity contribution in [2.24, 2.45) is 5.92 Å². The van der Waals surface area contributed by atoms with Crippen LogP contribution in [-0.2, 0) is 11.3 Å². The Morgan fingerprint density at radius 1 is 1.59 bits per heavy atom. The molecular weight excluding hydrogens is 232 g/mol. The summed E-state index contributed by atoms with van der Waals surface area (Å²) in [5.41, 5.74) is 0.943. The van der Waals surface area contributed by atoms with Gasteiger partial charge in [0.2, 0.25) is 0 Å². The summed E-state index contributed by atoms with van der Waals surface area (Å²) in [6, 6.07) is 0. The molecule has 0 aliphatic rings. The van der Waals surface area contributed by atoms with Crippen LogP contribution in [0.2, 0.25) is 0 Å². The van der Waals surface area contributed by atoms with E-state index >= 15 is 0 Å². The Morgan fingerprint density at radius 2 is 2.35 bits per heavy atom. The minimum absolute atomic E-state index is 0.150. The highest BCUT2D eigenvalue weighted by atomic mass is 32.2. The van der Waals surface area contributed by atoms with E-state index in [4.69, 9.17) is 0 Å². The quantitative estimate of drug-likeness (QED) is 0.608. The van der Waals surface area contributed by atoms with Gasteiger partial charge in [0.15, 0.2) is 5.12 Å². The molecule has 0 N–H and O–H groups in total. The lowest BCUT2D eigenvalue weighted by Gasteiger charge is -2.02. The van der Waals surface area contributed by atoms with Gasteiger partial charge in [0.05, 0.1) is 11.8 Å². The highest BCUT2D eigenvalue weighted by Crippen LogP contribution is 2.03. The van der Waals surface area contributed by atoms with E-state index in [9.17, 15) is 4.79 Å². The van der Waals surface area contributed by atoms with E-state index in [0.29, 0.717) is 5.92 Å². The molecule has 17 heavy (non-hydrogen) atoms. The van der Waals surface area contributed by atoms with Gasteiger partial charge in [0, 0.05) is 31.8 Å². The van der Waals surface area contributed by atoms with Gasteiger partial charge in [0.25, 0.3) is 0 Å². The molecule has 0 amide bonds. The van der Waals surface area contributed by atoms with Crippen molar-refractivity contribution < 1.29 is 4.79 Å². The molecule has 0 radical (unpaired) electrons. The third-order valence-electron chi connectivity index (χ3n) is 1.95. The second-order valence-electron chi connectivity index (χ2n) is 4.24. The number of hydrogen-bond acceptors (Lipinski definition) is 3. The number of aromatic nitrogens is 2. The summed E-state index contributed by atoms with van der Waals surface area (Å²) in [6.45, 7) is 6.81. The first kappa shape index (κ1) is 13.9. The fraction of sp³-hybridized carbons (Fsp3) is 0.538. The van der Waals surface area contributed by atoms with Gasteiger partial charge in [-0.1, -0.05) is 37.5 Å². The Bertz CT molecular complexity index is 426. The number of thioether (sulfide) groups is 1. The minimum Gasteiger partial charge on any atom is -0.288 e. The molecule has 3 nitrogen and oxygen atoms in total. The maximum Gasteiger partial charge on any atom is 0.185 e. The molecule has 0 aliphatic carbocycles. The summed E-state index contributed by atoms with van der Waals surface area (Å²) >= 11 is 1.32. The average Bonchev–Trinajstić information content (AvgIpc) is 2.63. The highest BCUT2D eigenvalue weighted by molar-refractivity contribution is 8.13. The first-order chi connectivity index (χ1) is 8.08. The molecular formula is C13H18N2OS. The van der Waals surface area contributed by atoms with Crippen molar-refractivity contribution in [3.63, 3.8) is 0 Å². The number of carbonyl (C=O) groups is 1. The van der Waals surface area contributed by atoms with Crippen molar-refractivity contribution in [2.75, 3.05) is 5.75 Å². The van der Waals surface area contributed by atoms with Crippen LogP contribution < -0.4 is 0 Å². The van der Waals surface area contributed by atoms with Crippen LogP contribution in [0.4, 0.5) is 0 Å². The van der Waals surface area contributed by atoms with E-state index in [-0.39, 0.29) is 5.12 Å². The maximum atomic E-state index is 10.7. The number of nitrogens with zero attached hydrogens (tertiary/aromatic N) is 2. The van der Waals surface area contributed by atoms with Gasteiger partial charge in [-0.3, -0.25) is 9.48 Å². The normalized spacial score (nSPS) is 10.1. The zero-order chi connectivity index (χ0) is 12.7. The average molecular weight is 250 g/mol. The summed E-state index contributed by atoms with van der Waals surface area (Å²) in [5.74, 6) is 7.45. The molecule has 1 rings (SSSR count). The van der Waals surface area contributed by atoms with E-state index in [1.807, 2.05) is 10.9 Å². The zero-order valence-corrected chi connectivity index (χ0v) is 11.4. The lowest BCUT2D eigenvalue weighted by Crippen LogP contribution is -2.03. The molecule has 0 aromatic carbocycles. The Labute approximate surface area is 107 Å². The molecule has 0 atom stereocenters. The predicted octanol–water partition coefficient (Wildman–Crippen LogP) is 2.56. The lowest BCUT2D eigenvalue weighted by molar-refractivity contribution is -0.109. The van der Waals surface area contributed by atoms with E-state index in [1.54, 1.807) is 13.1 Å². The third-order valence-corrected chi connectivity index (χ3v) is 2.77. The molecule has 1 aromatic heterocycles. The van der Waals surface area contributed by atoms with Crippen LogP contribution >= 0.6 is 11.8 Å². The molecule has 1 heterocycles. The molecule has 0 spiro atoms. The molecule has 0 saturated carbocycles. The Kier molecular flexibility index (Phi) is 5.85. The largest absolute Gasteiger partial charge is 0.288 e. The summed E-state index contributed by atoms with van der Waals surface area (Å²) in [6.07, 6.45) is 4.48. The van der Waals surface area contributed by atoms with Gasteiger partial charge in [-0.2, -0.15) is 5.10 Å². The molecule has 0 aliphatic heterocycles. The van der Waals surface area contributed by atoms with Gasteiger partial charge in [-0.25, -0.2) is 0 Å². The Morgan fingerprint density at radius 3 is 3.00 bits per heavy atom. The number of carbonyl (C=O) groups excluding carboxylic acids is 1. The smallest absolute Gasteiger partial charge is 0.185 e. The monoisotopic (exact) mass is 250 g/mol. The minimum atomic E-state index is 0.150. The molecule has 0 bridgehead atoms. The number of rotatable bonds is 4. The molecule has 4 heteroatoms. The second-order valence-corrected chi connectivity index (χ2v) is 5.51.